The van der Waals surface area contributed by atoms with Gasteiger partial charge in [0, 0.05) is 18.6 Å². The summed E-state index contributed by atoms with van der Waals surface area (Å²) in [7, 11) is -2.60. The van der Waals surface area contributed by atoms with E-state index < -0.39 is 28.5 Å². The van der Waals surface area contributed by atoms with Crippen LogP contribution in [0.2, 0.25) is 5.02 Å². The number of sulfonamides is 1. The molecule has 0 heterocycles. The van der Waals surface area contributed by atoms with Crippen LogP contribution in [0.4, 0.5) is 5.69 Å². The molecule has 3 aromatic rings. The summed E-state index contributed by atoms with van der Waals surface area (Å²) in [5.41, 5.74) is 3.27. The maximum absolute atomic E-state index is 13.9. The molecule has 0 fully saturated rings. The second-order valence-corrected chi connectivity index (χ2v) is 11.4. The van der Waals surface area contributed by atoms with Crippen molar-refractivity contribution in [3.05, 3.63) is 94.5 Å². The second kappa shape index (κ2) is 12.9. The van der Waals surface area contributed by atoms with Crippen molar-refractivity contribution < 1.29 is 18.0 Å². The largest absolute Gasteiger partial charge is 0.357 e. The summed E-state index contributed by atoms with van der Waals surface area (Å²) in [6.07, 6.45) is 0.904. The van der Waals surface area contributed by atoms with Gasteiger partial charge in [-0.3, -0.25) is 13.9 Å². The lowest BCUT2D eigenvalue weighted by atomic mass is 10.1. The van der Waals surface area contributed by atoms with Crippen LogP contribution in [0, 0.1) is 13.8 Å². The topological polar surface area (TPSA) is 86.8 Å². The molecule has 0 saturated carbocycles. The summed E-state index contributed by atoms with van der Waals surface area (Å²) in [6.45, 7) is 5.45. The highest BCUT2D eigenvalue weighted by molar-refractivity contribution is 7.92. The molecule has 0 spiro atoms. The lowest BCUT2D eigenvalue weighted by Crippen LogP contribution is -2.52. The molecule has 0 aromatic heterocycles. The average Bonchev–Trinajstić information content (AvgIpc) is 2.91. The van der Waals surface area contributed by atoms with Gasteiger partial charge in [-0.25, -0.2) is 8.42 Å². The fourth-order valence-electron chi connectivity index (χ4n) is 4.21. The summed E-state index contributed by atoms with van der Waals surface area (Å²) in [6, 6.07) is 20.0. The van der Waals surface area contributed by atoms with E-state index >= 15 is 0 Å². The minimum absolute atomic E-state index is 0.0158. The number of nitrogens with zero attached hydrogens (tertiary/aromatic N) is 2. The summed E-state index contributed by atoms with van der Waals surface area (Å²) in [5.74, 6) is -0.764. The Morgan fingerprint density at radius 3 is 2.18 bits per heavy atom. The van der Waals surface area contributed by atoms with Crippen molar-refractivity contribution in [2.24, 2.45) is 0 Å². The molecule has 0 aliphatic rings. The molecule has 7 nitrogen and oxygen atoms in total. The number of amides is 2. The highest BCUT2D eigenvalue weighted by Gasteiger charge is 2.33. The number of hydrogen-bond acceptors (Lipinski definition) is 4. The number of aryl methyl sites for hydroxylation is 2. The van der Waals surface area contributed by atoms with Crippen molar-refractivity contribution in [1.82, 2.24) is 10.2 Å². The first-order chi connectivity index (χ1) is 18.1. The number of rotatable bonds is 11. The van der Waals surface area contributed by atoms with Gasteiger partial charge in [0.05, 0.1) is 10.6 Å². The van der Waals surface area contributed by atoms with E-state index in [9.17, 15) is 18.0 Å². The molecule has 202 valence electrons. The lowest BCUT2D eigenvalue weighted by Gasteiger charge is -2.33. The lowest BCUT2D eigenvalue weighted by molar-refractivity contribution is -0.139. The molecule has 38 heavy (non-hydrogen) atoms. The zero-order valence-corrected chi connectivity index (χ0v) is 23.7. The van der Waals surface area contributed by atoms with E-state index in [4.69, 9.17) is 11.6 Å². The van der Waals surface area contributed by atoms with Gasteiger partial charge in [0.25, 0.3) is 10.0 Å². The molecule has 0 bridgehead atoms. The summed E-state index contributed by atoms with van der Waals surface area (Å²) in [4.78, 5) is 28.1. The number of benzene rings is 3. The van der Waals surface area contributed by atoms with Crippen LogP contribution in [0.1, 0.15) is 30.0 Å². The highest BCUT2D eigenvalue weighted by atomic mass is 35.5. The average molecular weight is 556 g/mol. The molecular formula is C29H34ClN3O4S. The van der Waals surface area contributed by atoms with Gasteiger partial charge in [-0.05, 0) is 79.8 Å². The summed E-state index contributed by atoms with van der Waals surface area (Å²) >= 11 is 5.99. The first kappa shape index (κ1) is 29.2. The SMILES string of the molecule is CC[C@@H](C(=O)NC)N(CCc1ccccc1)C(=O)CN(c1ccc(C)c(C)c1)S(=O)(=O)c1ccc(Cl)cc1. The van der Waals surface area contributed by atoms with Crippen LogP contribution in [0.15, 0.2) is 77.7 Å². The number of carbonyl (C=O) groups excluding carboxylic acids is 2. The van der Waals surface area contributed by atoms with Gasteiger partial charge in [0.15, 0.2) is 0 Å². The first-order valence-electron chi connectivity index (χ1n) is 12.5. The molecule has 0 aliphatic heterocycles. The molecule has 9 heteroatoms. The Morgan fingerprint density at radius 2 is 1.61 bits per heavy atom. The van der Waals surface area contributed by atoms with Crippen molar-refractivity contribution in [3.63, 3.8) is 0 Å². The molecule has 2 amide bonds. The zero-order chi connectivity index (χ0) is 27.9. The highest BCUT2D eigenvalue weighted by Crippen LogP contribution is 2.27. The monoisotopic (exact) mass is 555 g/mol. The third kappa shape index (κ3) is 6.94. The predicted octanol–water partition coefficient (Wildman–Crippen LogP) is 4.75. The van der Waals surface area contributed by atoms with E-state index in [1.54, 1.807) is 12.1 Å². The van der Waals surface area contributed by atoms with Crippen LogP contribution in [-0.4, -0.2) is 51.3 Å². The van der Waals surface area contributed by atoms with Crippen molar-refractivity contribution in [3.8, 4) is 0 Å². The van der Waals surface area contributed by atoms with E-state index in [2.05, 4.69) is 5.32 Å². The van der Waals surface area contributed by atoms with Crippen LogP contribution in [0.5, 0.6) is 0 Å². The van der Waals surface area contributed by atoms with E-state index in [0.29, 0.717) is 23.6 Å². The van der Waals surface area contributed by atoms with Crippen LogP contribution in [0.3, 0.4) is 0 Å². The van der Waals surface area contributed by atoms with Crippen LogP contribution in [-0.2, 0) is 26.0 Å². The number of nitrogens with one attached hydrogen (secondary N) is 1. The van der Waals surface area contributed by atoms with E-state index in [0.717, 1.165) is 21.0 Å². The molecule has 0 saturated heterocycles. The molecule has 1 atom stereocenters. The Balaban J connectivity index is 2.03. The zero-order valence-electron chi connectivity index (χ0n) is 22.1. The maximum atomic E-state index is 13.9. The Bertz CT molecular complexity index is 1360. The Hall–Kier alpha value is -3.36. The van der Waals surface area contributed by atoms with Crippen LogP contribution < -0.4 is 9.62 Å². The fourth-order valence-corrected chi connectivity index (χ4v) is 5.74. The molecule has 3 rings (SSSR count). The minimum atomic E-state index is -4.13. The van der Waals surface area contributed by atoms with E-state index in [1.807, 2.05) is 57.2 Å². The predicted molar refractivity (Wildman–Crippen MR) is 152 cm³/mol. The van der Waals surface area contributed by atoms with Gasteiger partial charge >= 0.3 is 0 Å². The Kier molecular flexibility index (Phi) is 9.94. The Morgan fingerprint density at radius 1 is 0.947 bits per heavy atom. The van der Waals surface area contributed by atoms with Crippen molar-refractivity contribution in [2.45, 2.75) is 44.6 Å². The van der Waals surface area contributed by atoms with Gasteiger partial charge in [-0.2, -0.15) is 0 Å². The van der Waals surface area contributed by atoms with Crippen LogP contribution >= 0.6 is 11.6 Å². The molecule has 0 unspecified atom stereocenters. The standard InChI is InChI=1S/C29H34ClN3O4S/c1-5-27(29(35)31-4)32(18-17-23-9-7-6-8-10-23)28(34)20-33(25-14-11-21(2)22(3)19-25)38(36,37)26-15-12-24(30)13-16-26/h6-16,19,27H,5,17-18,20H2,1-4H3,(H,31,35)/t27-/m0/s1. The van der Waals surface area contributed by atoms with Crippen molar-refractivity contribution in [1.29, 1.82) is 0 Å². The van der Waals surface area contributed by atoms with Gasteiger partial charge in [-0.1, -0.05) is 54.9 Å². The van der Waals surface area contributed by atoms with Gasteiger partial charge < -0.3 is 10.2 Å². The normalized spacial score (nSPS) is 12.0. The van der Waals surface area contributed by atoms with Gasteiger partial charge in [-0.15, -0.1) is 0 Å². The van der Waals surface area contributed by atoms with Crippen molar-refractivity contribution >= 4 is 39.1 Å². The summed E-state index contributed by atoms with van der Waals surface area (Å²) < 4.78 is 28.8. The Labute approximate surface area is 230 Å². The van der Waals surface area contributed by atoms with E-state index in [-0.39, 0.29) is 17.3 Å². The fraction of sp³-hybridized carbons (Fsp3) is 0.310. The number of halogens is 1. The molecule has 1 N–H and O–H groups in total. The quantitative estimate of drug-likeness (QED) is 0.370. The number of likely N-dealkylation sites (N-methyl/N-ethyl adjacent to an activating group) is 1. The third-order valence-corrected chi connectivity index (χ3v) is 8.62. The van der Waals surface area contributed by atoms with Gasteiger partial charge in [0.1, 0.15) is 12.6 Å². The number of anilines is 1. The number of hydrogen-bond donors (Lipinski definition) is 1. The van der Waals surface area contributed by atoms with Crippen LogP contribution in [0.25, 0.3) is 0 Å². The maximum Gasteiger partial charge on any atom is 0.264 e. The van der Waals surface area contributed by atoms with E-state index in [1.165, 1.54) is 36.2 Å². The van der Waals surface area contributed by atoms with Crippen molar-refractivity contribution in [2.75, 3.05) is 24.4 Å². The van der Waals surface area contributed by atoms with Gasteiger partial charge in [0.2, 0.25) is 11.8 Å². The second-order valence-electron chi connectivity index (χ2n) is 9.10. The first-order valence-corrected chi connectivity index (χ1v) is 14.3. The molecule has 3 aromatic carbocycles. The smallest absolute Gasteiger partial charge is 0.264 e. The number of carbonyl (C=O) groups is 2. The molecule has 0 radical (unpaired) electrons. The summed E-state index contributed by atoms with van der Waals surface area (Å²) in [5, 5.41) is 3.04. The third-order valence-electron chi connectivity index (χ3n) is 6.58. The minimum Gasteiger partial charge on any atom is -0.357 e. The molecule has 0 aliphatic carbocycles. The molecular weight excluding hydrogens is 522 g/mol.